The van der Waals surface area contributed by atoms with Crippen LogP contribution in [-0.4, -0.2) is 18.4 Å². The van der Waals surface area contributed by atoms with Crippen molar-refractivity contribution in [3.63, 3.8) is 0 Å². The Morgan fingerprint density at radius 3 is 1.39 bits per heavy atom. The molecule has 0 fully saturated rings. The van der Waals surface area contributed by atoms with Crippen LogP contribution in [0.4, 0.5) is 4.79 Å². The molecule has 3 heteroatoms. The van der Waals surface area contributed by atoms with Crippen molar-refractivity contribution in [1.29, 1.82) is 0 Å². The highest BCUT2D eigenvalue weighted by Gasteiger charge is 2.19. The number of carbonyl (C=O) groups excluding carboxylic acids is 1. The van der Waals surface area contributed by atoms with E-state index >= 15 is 0 Å². The normalized spacial score (nSPS) is 14.7. The minimum atomic E-state index is -0.505. The van der Waals surface area contributed by atoms with Gasteiger partial charge in [-0.3, -0.25) is 0 Å². The highest BCUT2D eigenvalue weighted by atomic mass is 16.7. The van der Waals surface area contributed by atoms with Crippen LogP contribution < -0.4 is 0 Å². The predicted octanol–water partition coefficient (Wildman–Crippen LogP) is 4.79. The lowest BCUT2D eigenvalue weighted by Crippen LogP contribution is -2.25. The summed E-state index contributed by atoms with van der Waals surface area (Å²) in [7, 11) is 0. The van der Waals surface area contributed by atoms with Gasteiger partial charge in [-0.25, -0.2) is 4.79 Å². The molecule has 0 spiro atoms. The standard InChI is InChI=1S/C15H30O3/c1-7-13(9-11(3)4)17-15(16)18-14(8-2)10-12(5)6/h11-14H,7-10H2,1-6H3. The molecule has 2 unspecified atom stereocenters. The van der Waals surface area contributed by atoms with Gasteiger partial charge in [0.25, 0.3) is 0 Å². The van der Waals surface area contributed by atoms with E-state index in [2.05, 4.69) is 27.7 Å². The summed E-state index contributed by atoms with van der Waals surface area (Å²) in [5.41, 5.74) is 0. The van der Waals surface area contributed by atoms with Crippen LogP contribution in [0.1, 0.15) is 67.2 Å². The maximum absolute atomic E-state index is 11.7. The first-order valence-electron chi connectivity index (χ1n) is 7.26. The molecule has 3 nitrogen and oxygen atoms in total. The zero-order valence-corrected chi connectivity index (χ0v) is 12.9. The van der Waals surface area contributed by atoms with E-state index in [1.54, 1.807) is 0 Å². The van der Waals surface area contributed by atoms with Gasteiger partial charge in [-0.1, -0.05) is 41.5 Å². The average Bonchev–Trinajstić information content (AvgIpc) is 2.25. The van der Waals surface area contributed by atoms with Crippen LogP contribution in [0.5, 0.6) is 0 Å². The van der Waals surface area contributed by atoms with Gasteiger partial charge < -0.3 is 9.47 Å². The van der Waals surface area contributed by atoms with Crippen LogP contribution in [-0.2, 0) is 9.47 Å². The van der Waals surface area contributed by atoms with Crippen molar-refractivity contribution in [1.82, 2.24) is 0 Å². The monoisotopic (exact) mass is 258 g/mol. The first-order chi connectivity index (χ1) is 8.38. The molecule has 0 aliphatic carbocycles. The van der Waals surface area contributed by atoms with Crippen molar-refractivity contribution in [2.24, 2.45) is 11.8 Å². The number of hydrogen-bond donors (Lipinski definition) is 0. The quantitative estimate of drug-likeness (QED) is 0.587. The summed E-state index contributed by atoms with van der Waals surface area (Å²) in [6.07, 6.45) is 2.93. The lowest BCUT2D eigenvalue weighted by Gasteiger charge is -2.21. The number of rotatable bonds is 8. The average molecular weight is 258 g/mol. The summed E-state index contributed by atoms with van der Waals surface area (Å²) in [4.78, 5) is 11.7. The fraction of sp³-hybridized carbons (Fsp3) is 0.933. The second kappa shape index (κ2) is 9.23. The van der Waals surface area contributed by atoms with Crippen LogP contribution in [0, 0.1) is 11.8 Å². The molecule has 0 bridgehead atoms. The molecule has 0 radical (unpaired) electrons. The fourth-order valence-electron chi connectivity index (χ4n) is 1.95. The molecule has 0 aliphatic rings. The first-order valence-corrected chi connectivity index (χ1v) is 7.26. The second-order valence-corrected chi connectivity index (χ2v) is 5.81. The van der Waals surface area contributed by atoms with E-state index < -0.39 is 6.16 Å². The molecule has 18 heavy (non-hydrogen) atoms. The van der Waals surface area contributed by atoms with E-state index in [1.807, 2.05) is 13.8 Å². The molecule has 0 heterocycles. The Hall–Kier alpha value is -0.730. The maximum Gasteiger partial charge on any atom is 0.508 e. The Kier molecular flexibility index (Phi) is 8.86. The van der Waals surface area contributed by atoms with Gasteiger partial charge in [0.05, 0.1) is 0 Å². The Bertz CT molecular complexity index is 202. The van der Waals surface area contributed by atoms with Crippen LogP contribution >= 0.6 is 0 Å². The van der Waals surface area contributed by atoms with E-state index in [0.717, 1.165) is 25.7 Å². The van der Waals surface area contributed by atoms with Crippen molar-refractivity contribution in [3.05, 3.63) is 0 Å². The third-order valence-electron chi connectivity index (χ3n) is 2.91. The van der Waals surface area contributed by atoms with Crippen LogP contribution in [0.3, 0.4) is 0 Å². The third-order valence-corrected chi connectivity index (χ3v) is 2.91. The predicted molar refractivity (Wildman–Crippen MR) is 74.6 cm³/mol. The SMILES string of the molecule is CCC(CC(C)C)OC(=O)OC(CC)CC(C)C. The van der Waals surface area contributed by atoms with Gasteiger partial charge >= 0.3 is 6.16 Å². The number of carbonyl (C=O) groups is 1. The van der Waals surface area contributed by atoms with E-state index in [-0.39, 0.29) is 12.2 Å². The zero-order chi connectivity index (χ0) is 14.1. The van der Waals surface area contributed by atoms with Crippen molar-refractivity contribution in [2.45, 2.75) is 79.4 Å². The van der Waals surface area contributed by atoms with E-state index in [9.17, 15) is 4.79 Å². The van der Waals surface area contributed by atoms with Gasteiger partial charge in [0.15, 0.2) is 0 Å². The molecule has 0 aliphatic heterocycles. The van der Waals surface area contributed by atoms with Crippen molar-refractivity contribution in [3.8, 4) is 0 Å². The van der Waals surface area contributed by atoms with Crippen molar-refractivity contribution < 1.29 is 14.3 Å². The molecule has 0 aromatic carbocycles. The number of ether oxygens (including phenoxy) is 2. The summed E-state index contributed by atoms with van der Waals surface area (Å²) >= 11 is 0. The molecular formula is C15H30O3. The fourth-order valence-corrected chi connectivity index (χ4v) is 1.95. The minimum Gasteiger partial charge on any atom is -0.431 e. The third kappa shape index (κ3) is 8.37. The van der Waals surface area contributed by atoms with Gasteiger partial charge in [0, 0.05) is 0 Å². The van der Waals surface area contributed by atoms with Crippen LogP contribution in [0.25, 0.3) is 0 Å². The van der Waals surface area contributed by atoms with E-state index in [0.29, 0.717) is 11.8 Å². The molecule has 0 aromatic heterocycles. The largest absolute Gasteiger partial charge is 0.508 e. The topological polar surface area (TPSA) is 35.5 Å². The Morgan fingerprint density at radius 1 is 0.833 bits per heavy atom. The minimum absolute atomic E-state index is 0.0194. The highest BCUT2D eigenvalue weighted by molar-refractivity contribution is 5.60. The molecule has 0 amide bonds. The van der Waals surface area contributed by atoms with E-state index in [1.165, 1.54) is 0 Å². The summed E-state index contributed by atoms with van der Waals surface area (Å²) in [5.74, 6) is 1.06. The Morgan fingerprint density at radius 2 is 1.17 bits per heavy atom. The lowest BCUT2D eigenvalue weighted by molar-refractivity contribution is -0.0129. The van der Waals surface area contributed by atoms with Crippen LogP contribution in [0.2, 0.25) is 0 Å². The van der Waals surface area contributed by atoms with Gasteiger partial charge in [-0.2, -0.15) is 0 Å². The molecule has 108 valence electrons. The Balaban J connectivity index is 4.13. The van der Waals surface area contributed by atoms with Gasteiger partial charge in [-0.15, -0.1) is 0 Å². The summed E-state index contributed by atoms with van der Waals surface area (Å²) in [6, 6.07) is 0. The van der Waals surface area contributed by atoms with Gasteiger partial charge in [-0.05, 0) is 37.5 Å². The molecule has 0 saturated heterocycles. The number of hydrogen-bond acceptors (Lipinski definition) is 3. The molecule has 0 N–H and O–H groups in total. The van der Waals surface area contributed by atoms with Crippen LogP contribution in [0.15, 0.2) is 0 Å². The summed E-state index contributed by atoms with van der Waals surface area (Å²) < 4.78 is 10.7. The smallest absolute Gasteiger partial charge is 0.431 e. The summed E-state index contributed by atoms with van der Waals surface area (Å²) in [5, 5.41) is 0. The first kappa shape index (κ1) is 17.3. The van der Waals surface area contributed by atoms with Gasteiger partial charge in [0.1, 0.15) is 12.2 Å². The molecule has 0 saturated carbocycles. The molecule has 0 rings (SSSR count). The zero-order valence-electron chi connectivity index (χ0n) is 12.9. The summed E-state index contributed by atoms with van der Waals surface area (Å²) in [6.45, 7) is 12.6. The highest BCUT2D eigenvalue weighted by Crippen LogP contribution is 2.16. The lowest BCUT2D eigenvalue weighted by atomic mass is 10.0. The molecule has 0 aromatic rings. The molecule has 2 atom stereocenters. The molecular weight excluding hydrogens is 228 g/mol. The second-order valence-electron chi connectivity index (χ2n) is 5.81. The van der Waals surface area contributed by atoms with Crippen molar-refractivity contribution >= 4 is 6.16 Å². The Labute approximate surface area is 112 Å². The van der Waals surface area contributed by atoms with Gasteiger partial charge in [0.2, 0.25) is 0 Å². The van der Waals surface area contributed by atoms with E-state index in [4.69, 9.17) is 9.47 Å². The van der Waals surface area contributed by atoms with Crippen molar-refractivity contribution in [2.75, 3.05) is 0 Å². The maximum atomic E-state index is 11.7.